The second kappa shape index (κ2) is 7.96. The molecule has 3 rings (SSSR count). The number of nitrogens with one attached hydrogen (secondary N) is 1. The molecule has 0 aliphatic rings. The molecule has 0 aliphatic carbocycles. The van der Waals surface area contributed by atoms with Gasteiger partial charge in [0.15, 0.2) is 0 Å². The highest BCUT2D eigenvalue weighted by Crippen LogP contribution is 2.23. The van der Waals surface area contributed by atoms with Gasteiger partial charge in [-0.15, -0.1) is 11.3 Å². The number of anilines is 1. The van der Waals surface area contributed by atoms with Gasteiger partial charge < -0.3 is 10.1 Å². The van der Waals surface area contributed by atoms with Crippen molar-refractivity contribution in [1.29, 1.82) is 0 Å². The molecule has 0 spiro atoms. The normalized spacial score (nSPS) is 11.0. The molecular weight excluding hydrogens is 358 g/mol. The monoisotopic (exact) mass is 383 g/mol. The van der Waals surface area contributed by atoms with Crippen LogP contribution in [0.15, 0.2) is 35.7 Å². The molecule has 0 saturated heterocycles. The number of hydrogen-bond donors (Lipinski definition) is 1. The molecule has 1 amide bonds. The predicted molar refractivity (Wildman–Crippen MR) is 110 cm³/mol. The van der Waals surface area contributed by atoms with Crippen molar-refractivity contribution in [3.63, 3.8) is 0 Å². The number of hydrogen-bond acceptors (Lipinski definition) is 4. The maximum atomic E-state index is 12.6. The van der Waals surface area contributed by atoms with Gasteiger partial charge >= 0.3 is 0 Å². The van der Waals surface area contributed by atoms with Crippen LogP contribution < -0.4 is 10.1 Å². The van der Waals surface area contributed by atoms with Gasteiger partial charge in [-0.1, -0.05) is 12.1 Å². The highest BCUT2D eigenvalue weighted by molar-refractivity contribution is 7.12. The first-order chi connectivity index (χ1) is 12.8. The van der Waals surface area contributed by atoms with Crippen molar-refractivity contribution in [3.8, 4) is 5.75 Å². The SMILES string of the molecule is Cc1ccc(C)c(OCc2csc(C(=O)Nc3cc(C)nn3C(C)C)c2)c1. The van der Waals surface area contributed by atoms with Gasteiger partial charge in [-0.2, -0.15) is 5.10 Å². The Balaban J connectivity index is 1.66. The third-order valence-electron chi connectivity index (χ3n) is 4.20. The van der Waals surface area contributed by atoms with Crippen molar-refractivity contribution in [2.45, 2.75) is 47.3 Å². The third-order valence-corrected chi connectivity index (χ3v) is 5.18. The maximum Gasteiger partial charge on any atom is 0.266 e. The van der Waals surface area contributed by atoms with Crippen LogP contribution in [0, 0.1) is 20.8 Å². The van der Waals surface area contributed by atoms with Crippen molar-refractivity contribution in [3.05, 3.63) is 63.0 Å². The lowest BCUT2D eigenvalue weighted by atomic mass is 10.1. The van der Waals surface area contributed by atoms with Crippen molar-refractivity contribution < 1.29 is 9.53 Å². The second-order valence-corrected chi connectivity index (χ2v) is 7.95. The van der Waals surface area contributed by atoms with Crippen molar-refractivity contribution in [2.75, 3.05) is 5.32 Å². The fourth-order valence-electron chi connectivity index (χ4n) is 2.78. The number of rotatable bonds is 6. The van der Waals surface area contributed by atoms with Crippen LogP contribution >= 0.6 is 11.3 Å². The number of thiophene rings is 1. The van der Waals surface area contributed by atoms with Crippen LogP contribution in [-0.4, -0.2) is 15.7 Å². The molecular formula is C21H25N3O2S. The fourth-order valence-corrected chi connectivity index (χ4v) is 3.57. The van der Waals surface area contributed by atoms with Gasteiger partial charge in [0.1, 0.15) is 18.2 Å². The van der Waals surface area contributed by atoms with E-state index in [1.807, 2.05) is 62.9 Å². The molecule has 0 radical (unpaired) electrons. The summed E-state index contributed by atoms with van der Waals surface area (Å²) < 4.78 is 7.75. The molecule has 0 unspecified atom stereocenters. The third kappa shape index (κ3) is 4.57. The lowest BCUT2D eigenvalue weighted by molar-refractivity contribution is 0.102. The Morgan fingerprint density at radius 1 is 1.22 bits per heavy atom. The van der Waals surface area contributed by atoms with E-state index in [9.17, 15) is 4.79 Å². The summed E-state index contributed by atoms with van der Waals surface area (Å²) in [6.45, 7) is 10.5. The first-order valence-electron chi connectivity index (χ1n) is 8.98. The molecule has 5 nitrogen and oxygen atoms in total. The lowest BCUT2D eigenvalue weighted by Crippen LogP contribution is -2.15. The largest absolute Gasteiger partial charge is 0.489 e. The zero-order chi connectivity index (χ0) is 19.6. The van der Waals surface area contributed by atoms with E-state index in [4.69, 9.17) is 4.74 Å². The number of carbonyl (C=O) groups is 1. The molecule has 0 atom stereocenters. The van der Waals surface area contributed by atoms with Crippen LogP contribution in [0.5, 0.6) is 5.75 Å². The number of nitrogens with zero attached hydrogens (tertiary/aromatic N) is 2. The number of amides is 1. The van der Waals surface area contributed by atoms with Gasteiger partial charge in [0.2, 0.25) is 0 Å². The highest BCUT2D eigenvalue weighted by atomic mass is 32.1. The van der Waals surface area contributed by atoms with E-state index in [1.165, 1.54) is 11.3 Å². The number of aromatic nitrogens is 2. The smallest absolute Gasteiger partial charge is 0.266 e. The number of ether oxygens (including phenoxy) is 1. The zero-order valence-electron chi connectivity index (χ0n) is 16.4. The minimum atomic E-state index is -0.125. The van der Waals surface area contributed by atoms with E-state index in [1.54, 1.807) is 0 Å². The van der Waals surface area contributed by atoms with E-state index >= 15 is 0 Å². The Labute approximate surface area is 164 Å². The molecule has 27 heavy (non-hydrogen) atoms. The standard InChI is InChI=1S/C21H25N3O2S/c1-13(2)24-20(9-16(5)23-24)22-21(25)19-10-17(12-27-19)11-26-18-8-14(3)6-7-15(18)4/h6-10,12-13H,11H2,1-5H3,(H,22,25). The summed E-state index contributed by atoms with van der Waals surface area (Å²) in [6, 6.07) is 10.1. The molecule has 0 aliphatic heterocycles. The summed E-state index contributed by atoms with van der Waals surface area (Å²) in [6.07, 6.45) is 0. The summed E-state index contributed by atoms with van der Waals surface area (Å²) >= 11 is 1.42. The number of carbonyl (C=O) groups excluding carboxylic acids is 1. The number of benzene rings is 1. The molecule has 2 heterocycles. The number of aryl methyl sites for hydroxylation is 3. The average Bonchev–Trinajstić information content (AvgIpc) is 3.22. The Hall–Kier alpha value is -2.60. The van der Waals surface area contributed by atoms with Crippen molar-refractivity contribution >= 4 is 23.1 Å². The fraction of sp³-hybridized carbons (Fsp3) is 0.333. The van der Waals surface area contributed by atoms with E-state index in [0.29, 0.717) is 17.3 Å². The molecule has 142 valence electrons. The van der Waals surface area contributed by atoms with Crippen LogP contribution in [0.3, 0.4) is 0 Å². The summed E-state index contributed by atoms with van der Waals surface area (Å²) in [4.78, 5) is 13.3. The molecule has 0 bridgehead atoms. The van der Waals surface area contributed by atoms with Gasteiger partial charge in [-0.25, -0.2) is 4.68 Å². The molecule has 1 aromatic carbocycles. The van der Waals surface area contributed by atoms with Gasteiger partial charge in [-0.3, -0.25) is 4.79 Å². The van der Waals surface area contributed by atoms with Gasteiger partial charge in [0.05, 0.1) is 10.6 Å². The zero-order valence-corrected chi connectivity index (χ0v) is 17.2. The van der Waals surface area contributed by atoms with Crippen LogP contribution in [0.1, 0.15) is 51.9 Å². The van der Waals surface area contributed by atoms with Crippen molar-refractivity contribution in [2.24, 2.45) is 0 Å². The summed E-state index contributed by atoms with van der Waals surface area (Å²) in [5, 5.41) is 9.35. The molecule has 2 aromatic heterocycles. The Morgan fingerprint density at radius 2 is 2.00 bits per heavy atom. The van der Waals surface area contributed by atoms with Crippen LogP contribution in [0.25, 0.3) is 0 Å². The van der Waals surface area contributed by atoms with Crippen LogP contribution in [0.2, 0.25) is 0 Å². The van der Waals surface area contributed by atoms with E-state index in [-0.39, 0.29) is 11.9 Å². The van der Waals surface area contributed by atoms with Gasteiger partial charge in [-0.05, 0) is 63.3 Å². The molecule has 0 fully saturated rings. The first kappa shape index (κ1) is 19.2. The van der Waals surface area contributed by atoms with Crippen LogP contribution in [-0.2, 0) is 6.61 Å². The van der Waals surface area contributed by atoms with Gasteiger partial charge in [0.25, 0.3) is 5.91 Å². The summed E-state index contributed by atoms with van der Waals surface area (Å²) in [5.74, 6) is 1.47. The quantitative estimate of drug-likeness (QED) is 0.630. The molecule has 0 saturated carbocycles. The second-order valence-electron chi connectivity index (χ2n) is 7.04. The Kier molecular flexibility index (Phi) is 5.65. The van der Waals surface area contributed by atoms with Crippen molar-refractivity contribution in [1.82, 2.24) is 9.78 Å². The van der Waals surface area contributed by atoms with Crippen LogP contribution in [0.4, 0.5) is 5.82 Å². The predicted octanol–water partition coefficient (Wildman–Crippen LogP) is 5.28. The molecule has 6 heteroatoms. The average molecular weight is 384 g/mol. The Morgan fingerprint density at radius 3 is 2.74 bits per heavy atom. The summed E-state index contributed by atoms with van der Waals surface area (Å²) in [7, 11) is 0. The first-order valence-corrected chi connectivity index (χ1v) is 9.86. The topological polar surface area (TPSA) is 56.1 Å². The van der Waals surface area contributed by atoms with E-state index in [0.717, 1.165) is 28.1 Å². The van der Waals surface area contributed by atoms with E-state index < -0.39 is 0 Å². The Bertz CT molecular complexity index is 956. The van der Waals surface area contributed by atoms with Gasteiger partial charge in [0, 0.05) is 17.7 Å². The summed E-state index contributed by atoms with van der Waals surface area (Å²) in [5.41, 5.74) is 4.14. The highest BCUT2D eigenvalue weighted by Gasteiger charge is 2.15. The minimum absolute atomic E-state index is 0.125. The maximum absolute atomic E-state index is 12.6. The van der Waals surface area contributed by atoms with E-state index in [2.05, 4.69) is 22.5 Å². The molecule has 3 aromatic rings. The minimum Gasteiger partial charge on any atom is -0.489 e. The lowest BCUT2D eigenvalue weighted by Gasteiger charge is -2.11. The molecule has 1 N–H and O–H groups in total.